The Bertz CT molecular complexity index is 730. The summed E-state index contributed by atoms with van der Waals surface area (Å²) in [6.45, 7) is 8.36. The summed E-state index contributed by atoms with van der Waals surface area (Å²) in [7, 11) is 3.87. The molecule has 0 saturated heterocycles. The molecule has 0 saturated carbocycles. The Morgan fingerprint density at radius 1 is 1.23 bits per heavy atom. The summed E-state index contributed by atoms with van der Waals surface area (Å²) in [5.41, 5.74) is 4.73. The molecule has 22 heavy (non-hydrogen) atoms. The van der Waals surface area contributed by atoms with E-state index in [1.165, 1.54) is 0 Å². The summed E-state index contributed by atoms with van der Waals surface area (Å²) >= 11 is 0. The van der Waals surface area contributed by atoms with Gasteiger partial charge in [-0.15, -0.1) is 0 Å². The van der Waals surface area contributed by atoms with Crippen LogP contribution in [0.4, 0.5) is 0 Å². The molecule has 0 atom stereocenters. The number of aromatic hydroxyl groups is 1. The molecule has 0 radical (unpaired) electrons. The van der Waals surface area contributed by atoms with E-state index in [0.29, 0.717) is 18.7 Å². The number of hydrogen-bond acceptors (Lipinski definition) is 4. The Morgan fingerprint density at radius 3 is 2.41 bits per heavy atom. The molecular formula is C17H24N2O3. The number of aromatic nitrogens is 1. The number of carbonyl (C=O) groups excluding carboxylic acids is 1. The van der Waals surface area contributed by atoms with Crippen LogP contribution in [-0.4, -0.2) is 41.7 Å². The number of hydrogen-bond donors (Lipinski definition) is 2. The highest BCUT2D eigenvalue weighted by Gasteiger charge is 2.24. The maximum Gasteiger partial charge on any atom is 0.340 e. The van der Waals surface area contributed by atoms with E-state index in [1.807, 2.05) is 39.8 Å². The highest BCUT2D eigenvalue weighted by atomic mass is 16.5. The number of aryl methyl sites for hydroxylation is 2. The fourth-order valence-corrected chi connectivity index (χ4v) is 2.85. The highest BCUT2D eigenvalue weighted by molar-refractivity contribution is 6.08. The standard InChI is InChI=1S/C17H24N2O3/c1-7-22-17(21)13-11(4)18-15-9(2)10(3)16(20)12(14(13)15)8-19(5)6/h18,20H,7-8H2,1-6H3. The van der Waals surface area contributed by atoms with E-state index >= 15 is 0 Å². The van der Waals surface area contributed by atoms with Crippen molar-refractivity contribution in [3.05, 3.63) is 27.9 Å². The molecule has 1 aromatic carbocycles. The topological polar surface area (TPSA) is 65.6 Å². The lowest BCUT2D eigenvalue weighted by Gasteiger charge is -2.17. The Balaban J connectivity index is 2.87. The van der Waals surface area contributed by atoms with Crippen LogP contribution >= 0.6 is 0 Å². The summed E-state index contributed by atoms with van der Waals surface area (Å²) < 4.78 is 5.19. The van der Waals surface area contributed by atoms with Crippen molar-refractivity contribution in [3.8, 4) is 5.75 Å². The average molecular weight is 304 g/mol. The number of phenols is 1. The third kappa shape index (κ3) is 2.57. The molecule has 0 spiro atoms. The molecule has 0 amide bonds. The van der Waals surface area contributed by atoms with E-state index in [0.717, 1.165) is 33.3 Å². The van der Waals surface area contributed by atoms with Crippen molar-refractivity contribution in [2.45, 2.75) is 34.2 Å². The molecule has 120 valence electrons. The van der Waals surface area contributed by atoms with Gasteiger partial charge in [-0.2, -0.15) is 0 Å². The third-order valence-electron chi connectivity index (χ3n) is 4.02. The fraction of sp³-hybridized carbons (Fsp3) is 0.471. The van der Waals surface area contributed by atoms with Crippen LogP contribution in [0.2, 0.25) is 0 Å². The van der Waals surface area contributed by atoms with Gasteiger partial charge >= 0.3 is 5.97 Å². The van der Waals surface area contributed by atoms with E-state index in [-0.39, 0.29) is 11.7 Å². The molecular weight excluding hydrogens is 280 g/mol. The predicted octanol–water partition coefficient (Wildman–Crippen LogP) is 3.04. The largest absolute Gasteiger partial charge is 0.507 e. The van der Waals surface area contributed by atoms with Gasteiger partial charge in [0.1, 0.15) is 5.75 Å². The number of carbonyl (C=O) groups is 1. The third-order valence-corrected chi connectivity index (χ3v) is 4.02. The Kier molecular flexibility index (Phi) is 4.47. The van der Waals surface area contributed by atoms with Crippen LogP contribution in [0.15, 0.2) is 0 Å². The number of nitrogens with zero attached hydrogens (tertiary/aromatic N) is 1. The molecule has 0 unspecified atom stereocenters. The zero-order valence-corrected chi connectivity index (χ0v) is 14.1. The Morgan fingerprint density at radius 2 is 1.86 bits per heavy atom. The van der Waals surface area contributed by atoms with Gasteiger partial charge in [0.2, 0.25) is 0 Å². The number of esters is 1. The lowest BCUT2D eigenvalue weighted by Crippen LogP contribution is -2.13. The van der Waals surface area contributed by atoms with Crippen molar-refractivity contribution in [2.24, 2.45) is 0 Å². The van der Waals surface area contributed by atoms with E-state index in [9.17, 15) is 9.90 Å². The van der Waals surface area contributed by atoms with Crippen molar-refractivity contribution in [2.75, 3.05) is 20.7 Å². The number of H-pyrrole nitrogens is 1. The molecule has 0 fully saturated rings. The van der Waals surface area contributed by atoms with E-state index in [2.05, 4.69) is 4.98 Å². The van der Waals surface area contributed by atoms with Crippen LogP contribution in [0.25, 0.3) is 10.9 Å². The summed E-state index contributed by atoms with van der Waals surface area (Å²) in [6, 6.07) is 0. The van der Waals surface area contributed by atoms with Gasteiger partial charge < -0.3 is 19.7 Å². The maximum absolute atomic E-state index is 12.3. The number of benzene rings is 1. The molecule has 0 bridgehead atoms. The van der Waals surface area contributed by atoms with Crippen molar-refractivity contribution in [3.63, 3.8) is 0 Å². The minimum absolute atomic E-state index is 0.253. The second kappa shape index (κ2) is 6.01. The highest BCUT2D eigenvalue weighted by Crippen LogP contribution is 2.38. The Hall–Kier alpha value is -2.01. The molecule has 0 aliphatic carbocycles. The summed E-state index contributed by atoms with van der Waals surface area (Å²) in [4.78, 5) is 17.6. The average Bonchev–Trinajstić information content (AvgIpc) is 2.78. The lowest BCUT2D eigenvalue weighted by atomic mass is 9.96. The first-order chi connectivity index (χ1) is 10.3. The minimum Gasteiger partial charge on any atom is -0.507 e. The molecule has 2 rings (SSSR count). The fourth-order valence-electron chi connectivity index (χ4n) is 2.85. The summed E-state index contributed by atoms with van der Waals surface area (Å²) in [5.74, 6) is -0.0999. The molecule has 2 aromatic rings. The Labute approximate surface area is 130 Å². The quantitative estimate of drug-likeness (QED) is 0.852. The van der Waals surface area contributed by atoms with Crippen molar-refractivity contribution >= 4 is 16.9 Å². The molecule has 0 aliphatic rings. The van der Waals surface area contributed by atoms with Crippen molar-refractivity contribution in [1.82, 2.24) is 9.88 Å². The molecule has 5 heteroatoms. The van der Waals surface area contributed by atoms with Crippen LogP contribution in [0.3, 0.4) is 0 Å². The monoisotopic (exact) mass is 304 g/mol. The van der Waals surface area contributed by atoms with Gasteiger partial charge in [-0.3, -0.25) is 0 Å². The van der Waals surface area contributed by atoms with Crippen LogP contribution in [-0.2, 0) is 11.3 Å². The smallest absolute Gasteiger partial charge is 0.340 e. The first-order valence-corrected chi connectivity index (χ1v) is 7.44. The number of aromatic amines is 1. The molecule has 5 nitrogen and oxygen atoms in total. The maximum atomic E-state index is 12.3. The van der Waals surface area contributed by atoms with Gasteiger partial charge in [-0.25, -0.2) is 4.79 Å². The van der Waals surface area contributed by atoms with Crippen LogP contribution < -0.4 is 0 Å². The first-order valence-electron chi connectivity index (χ1n) is 7.44. The number of nitrogens with one attached hydrogen (secondary N) is 1. The second-order valence-corrected chi connectivity index (χ2v) is 5.91. The zero-order valence-electron chi connectivity index (χ0n) is 14.1. The van der Waals surface area contributed by atoms with Gasteiger partial charge in [0, 0.05) is 23.2 Å². The summed E-state index contributed by atoms with van der Waals surface area (Å²) in [5, 5.41) is 11.3. The number of ether oxygens (including phenoxy) is 1. The normalized spacial score (nSPS) is 11.4. The van der Waals surface area contributed by atoms with Crippen LogP contribution in [0.5, 0.6) is 5.75 Å². The van der Waals surface area contributed by atoms with Gasteiger partial charge in [0.15, 0.2) is 0 Å². The first kappa shape index (κ1) is 16.4. The minimum atomic E-state index is -0.353. The number of phenolic OH excluding ortho intramolecular Hbond substituents is 1. The number of rotatable bonds is 4. The van der Waals surface area contributed by atoms with Crippen molar-refractivity contribution in [1.29, 1.82) is 0 Å². The lowest BCUT2D eigenvalue weighted by molar-refractivity contribution is 0.0528. The van der Waals surface area contributed by atoms with Gasteiger partial charge in [-0.05, 0) is 52.9 Å². The van der Waals surface area contributed by atoms with Crippen LogP contribution in [0.1, 0.15) is 39.7 Å². The van der Waals surface area contributed by atoms with E-state index < -0.39 is 0 Å². The van der Waals surface area contributed by atoms with Gasteiger partial charge in [-0.1, -0.05) is 0 Å². The van der Waals surface area contributed by atoms with Gasteiger partial charge in [0.05, 0.1) is 17.7 Å². The molecule has 0 aliphatic heterocycles. The molecule has 2 N–H and O–H groups in total. The van der Waals surface area contributed by atoms with Gasteiger partial charge in [0.25, 0.3) is 0 Å². The van der Waals surface area contributed by atoms with E-state index in [1.54, 1.807) is 6.92 Å². The summed E-state index contributed by atoms with van der Waals surface area (Å²) in [6.07, 6.45) is 0. The zero-order chi connectivity index (χ0) is 16.6. The second-order valence-electron chi connectivity index (χ2n) is 5.91. The molecule has 1 heterocycles. The molecule has 1 aromatic heterocycles. The predicted molar refractivity (Wildman–Crippen MR) is 87.5 cm³/mol. The SMILES string of the molecule is CCOC(=O)c1c(C)[nH]c2c(C)c(C)c(O)c(CN(C)C)c12. The van der Waals surface area contributed by atoms with Crippen molar-refractivity contribution < 1.29 is 14.6 Å². The number of fused-ring (bicyclic) bond motifs is 1. The van der Waals surface area contributed by atoms with Crippen LogP contribution in [0, 0.1) is 20.8 Å². The van der Waals surface area contributed by atoms with E-state index in [4.69, 9.17) is 4.74 Å².